The van der Waals surface area contributed by atoms with Gasteiger partial charge in [-0.05, 0) is 19.3 Å². The van der Waals surface area contributed by atoms with Crippen LogP contribution in [0.3, 0.4) is 0 Å². The molecule has 0 saturated carbocycles. The summed E-state index contributed by atoms with van der Waals surface area (Å²) in [5.41, 5.74) is 0.175. The highest BCUT2D eigenvalue weighted by molar-refractivity contribution is 5.69. The van der Waals surface area contributed by atoms with Crippen molar-refractivity contribution in [3.05, 3.63) is 0 Å². The lowest BCUT2D eigenvalue weighted by Crippen LogP contribution is -2.25. The Balaban J connectivity index is 4.10. The first-order chi connectivity index (χ1) is 14.1. The molecule has 0 aliphatic rings. The molecular formula is C27H54O2. The van der Waals surface area contributed by atoms with Crippen LogP contribution in [-0.2, 0) is 9.53 Å². The maximum absolute atomic E-state index is 12.2. The molecule has 1 unspecified atom stereocenters. The third kappa shape index (κ3) is 19.2. The minimum atomic E-state index is 0.0290. The predicted octanol–water partition coefficient (Wildman–Crippen LogP) is 9.40. The molecule has 174 valence electrons. The van der Waals surface area contributed by atoms with Crippen LogP contribution in [0.1, 0.15) is 156 Å². The maximum atomic E-state index is 12.2. The molecule has 0 bridgehead atoms. The fourth-order valence-corrected chi connectivity index (χ4v) is 4.13. The van der Waals surface area contributed by atoms with Gasteiger partial charge < -0.3 is 4.74 Å². The van der Waals surface area contributed by atoms with Gasteiger partial charge in [0.25, 0.3) is 0 Å². The van der Waals surface area contributed by atoms with Gasteiger partial charge in [0.15, 0.2) is 0 Å². The molecular weight excluding hydrogens is 356 g/mol. The molecule has 0 fully saturated rings. The van der Waals surface area contributed by atoms with Crippen LogP contribution in [-0.4, -0.2) is 12.6 Å². The largest absolute Gasteiger partial charge is 0.465 e. The summed E-state index contributed by atoms with van der Waals surface area (Å²) in [4.78, 5) is 12.2. The average Bonchev–Trinajstić information content (AvgIpc) is 2.72. The van der Waals surface area contributed by atoms with Crippen molar-refractivity contribution in [2.24, 2.45) is 5.41 Å². The normalized spacial score (nSPS) is 13.4. The van der Waals surface area contributed by atoms with Gasteiger partial charge in [-0.1, -0.05) is 130 Å². The van der Waals surface area contributed by atoms with Crippen molar-refractivity contribution in [1.29, 1.82) is 0 Å². The number of carbonyl (C=O) groups excluding carboxylic acids is 1. The summed E-state index contributed by atoms with van der Waals surface area (Å²) in [6.45, 7) is 9.77. The summed E-state index contributed by atoms with van der Waals surface area (Å²) in [5, 5.41) is 0. The van der Waals surface area contributed by atoms with Gasteiger partial charge in [0, 0.05) is 11.8 Å². The van der Waals surface area contributed by atoms with Crippen molar-refractivity contribution in [3.63, 3.8) is 0 Å². The van der Waals surface area contributed by atoms with E-state index >= 15 is 0 Å². The predicted molar refractivity (Wildman–Crippen MR) is 128 cm³/mol. The van der Waals surface area contributed by atoms with E-state index in [1.54, 1.807) is 0 Å². The molecule has 0 saturated heterocycles. The summed E-state index contributed by atoms with van der Waals surface area (Å²) in [5.74, 6) is 0.0290. The maximum Gasteiger partial charge on any atom is 0.305 e. The lowest BCUT2D eigenvalue weighted by molar-refractivity contribution is -0.147. The highest BCUT2D eigenvalue weighted by Gasteiger charge is 2.25. The molecule has 0 N–H and O–H groups in total. The highest BCUT2D eigenvalue weighted by atomic mass is 16.5. The highest BCUT2D eigenvalue weighted by Crippen LogP contribution is 2.32. The minimum Gasteiger partial charge on any atom is -0.465 e. The minimum absolute atomic E-state index is 0.0290. The van der Waals surface area contributed by atoms with Gasteiger partial charge in [0.2, 0.25) is 0 Å². The van der Waals surface area contributed by atoms with Gasteiger partial charge >= 0.3 is 5.97 Å². The molecule has 0 heterocycles. The van der Waals surface area contributed by atoms with Crippen LogP contribution < -0.4 is 0 Å². The number of hydrogen-bond donors (Lipinski definition) is 0. The van der Waals surface area contributed by atoms with E-state index in [9.17, 15) is 4.79 Å². The van der Waals surface area contributed by atoms with Crippen LogP contribution in [0.2, 0.25) is 0 Å². The van der Waals surface area contributed by atoms with Gasteiger partial charge in [-0.3, -0.25) is 4.79 Å². The molecule has 0 aliphatic heterocycles. The lowest BCUT2D eigenvalue weighted by Gasteiger charge is -2.29. The monoisotopic (exact) mass is 410 g/mol. The lowest BCUT2D eigenvalue weighted by atomic mass is 9.80. The molecule has 0 radical (unpaired) electrons. The molecule has 1 atom stereocenters. The molecule has 0 rings (SSSR count). The van der Waals surface area contributed by atoms with E-state index in [-0.39, 0.29) is 11.4 Å². The number of hydrogen-bond acceptors (Lipinski definition) is 2. The zero-order valence-corrected chi connectivity index (χ0v) is 20.7. The smallest absolute Gasteiger partial charge is 0.305 e. The van der Waals surface area contributed by atoms with Gasteiger partial charge in [-0.25, -0.2) is 0 Å². The quantitative estimate of drug-likeness (QED) is 0.131. The van der Waals surface area contributed by atoms with Crippen LogP contribution in [0.4, 0.5) is 0 Å². The van der Waals surface area contributed by atoms with Crippen LogP contribution in [0.5, 0.6) is 0 Å². The SMILES string of the molecule is CCCCCCCCCC(=O)OCC(C)(CCCCCC)CCCCCCCC. The van der Waals surface area contributed by atoms with Gasteiger partial charge in [-0.15, -0.1) is 0 Å². The summed E-state index contributed by atoms with van der Waals surface area (Å²) in [6.07, 6.45) is 25.0. The van der Waals surface area contributed by atoms with E-state index < -0.39 is 0 Å². The zero-order chi connectivity index (χ0) is 21.6. The number of unbranched alkanes of at least 4 members (excludes halogenated alkanes) is 14. The summed E-state index contributed by atoms with van der Waals surface area (Å²) in [7, 11) is 0. The van der Waals surface area contributed by atoms with Crippen molar-refractivity contribution in [2.45, 2.75) is 156 Å². The number of ether oxygens (including phenoxy) is 1. The second-order valence-corrected chi connectivity index (χ2v) is 9.67. The summed E-state index contributed by atoms with van der Waals surface area (Å²) in [6, 6.07) is 0. The number of esters is 1. The first kappa shape index (κ1) is 28.5. The fraction of sp³-hybridized carbons (Fsp3) is 0.963. The van der Waals surface area contributed by atoms with Crippen molar-refractivity contribution in [2.75, 3.05) is 6.61 Å². The molecule has 0 aromatic rings. The van der Waals surface area contributed by atoms with E-state index in [2.05, 4.69) is 27.7 Å². The summed E-state index contributed by atoms with van der Waals surface area (Å²) < 4.78 is 5.77. The first-order valence-corrected chi connectivity index (χ1v) is 13.2. The van der Waals surface area contributed by atoms with Crippen molar-refractivity contribution in [1.82, 2.24) is 0 Å². The Hall–Kier alpha value is -0.530. The Kier molecular flexibility index (Phi) is 20.4. The molecule has 2 heteroatoms. The molecule has 0 amide bonds. The zero-order valence-electron chi connectivity index (χ0n) is 20.7. The van der Waals surface area contributed by atoms with E-state index in [1.165, 1.54) is 116 Å². The third-order valence-electron chi connectivity index (χ3n) is 6.33. The van der Waals surface area contributed by atoms with Gasteiger partial charge in [0.05, 0.1) is 6.61 Å². The molecule has 0 aromatic carbocycles. The Morgan fingerprint density at radius 3 is 1.45 bits per heavy atom. The number of carbonyl (C=O) groups is 1. The average molecular weight is 411 g/mol. The van der Waals surface area contributed by atoms with Gasteiger partial charge in [-0.2, -0.15) is 0 Å². The molecule has 0 spiro atoms. The van der Waals surface area contributed by atoms with E-state index in [4.69, 9.17) is 4.74 Å². The first-order valence-electron chi connectivity index (χ1n) is 13.2. The van der Waals surface area contributed by atoms with Gasteiger partial charge in [0.1, 0.15) is 0 Å². The molecule has 0 aliphatic carbocycles. The molecule has 0 aromatic heterocycles. The van der Waals surface area contributed by atoms with E-state index in [1.807, 2.05) is 0 Å². The van der Waals surface area contributed by atoms with Crippen LogP contribution in [0.25, 0.3) is 0 Å². The third-order valence-corrected chi connectivity index (χ3v) is 6.33. The Morgan fingerprint density at radius 1 is 0.586 bits per heavy atom. The van der Waals surface area contributed by atoms with Crippen LogP contribution >= 0.6 is 0 Å². The van der Waals surface area contributed by atoms with E-state index in [0.717, 1.165) is 6.42 Å². The van der Waals surface area contributed by atoms with Crippen molar-refractivity contribution < 1.29 is 9.53 Å². The molecule has 29 heavy (non-hydrogen) atoms. The second-order valence-electron chi connectivity index (χ2n) is 9.67. The van der Waals surface area contributed by atoms with Crippen molar-refractivity contribution in [3.8, 4) is 0 Å². The standard InChI is InChI=1S/C27H54O2/c1-5-8-11-14-16-17-19-22-26(28)29-25-27(4,23-20-13-10-7-3)24-21-18-15-12-9-6-2/h5-25H2,1-4H3. The van der Waals surface area contributed by atoms with Crippen LogP contribution in [0.15, 0.2) is 0 Å². The Labute approximate surface area is 184 Å². The summed E-state index contributed by atoms with van der Waals surface area (Å²) >= 11 is 0. The Bertz CT molecular complexity index is 352. The second kappa shape index (κ2) is 20.7. The number of rotatable bonds is 22. The topological polar surface area (TPSA) is 26.3 Å². The fourth-order valence-electron chi connectivity index (χ4n) is 4.13. The Morgan fingerprint density at radius 2 is 0.966 bits per heavy atom. The van der Waals surface area contributed by atoms with Crippen LogP contribution in [0, 0.1) is 5.41 Å². The van der Waals surface area contributed by atoms with E-state index in [0.29, 0.717) is 13.0 Å². The molecule has 2 nitrogen and oxygen atoms in total. The van der Waals surface area contributed by atoms with Crippen molar-refractivity contribution >= 4 is 5.97 Å².